The summed E-state index contributed by atoms with van der Waals surface area (Å²) in [6, 6.07) is 4.31. The quantitative estimate of drug-likeness (QED) is 0.901. The molecule has 0 radical (unpaired) electrons. The Labute approximate surface area is 137 Å². The van der Waals surface area contributed by atoms with E-state index >= 15 is 0 Å². The van der Waals surface area contributed by atoms with Crippen LogP contribution in [0.4, 0.5) is 11.4 Å². The fourth-order valence-electron chi connectivity index (χ4n) is 3.40. The third kappa shape index (κ3) is 3.49. The summed E-state index contributed by atoms with van der Waals surface area (Å²) in [6.07, 6.45) is 5.72. The monoisotopic (exact) mass is 315 g/mol. The van der Waals surface area contributed by atoms with Crippen molar-refractivity contribution in [1.29, 1.82) is 0 Å². The standard InChI is InChI=1S/C18H25N3O2/c1-12-8-15-16(9-13(12)2)21(18(23)10-19-15)11-17(22)20-14-6-4-3-5-7-14/h8-9,14,19H,3-7,10-11H2,1-2H3,(H,20,22). The summed E-state index contributed by atoms with van der Waals surface area (Å²) >= 11 is 0. The maximum absolute atomic E-state index is 12.4. The van der Waals surface area contributed by atoms with Crippen LogP contribution in [0.5, 0.6) is 0 Å². The zero-order chi connectivity index (χ0) is 16.4. The number of aryl methyl sites for hydroxylation is 2. The lowest BCUT2D eigenvalue weighted by molar-refractivity contribution is -0.123. The lowest BCUT2D eigenvalue weighted by Crippen LogP contribution is -2.48. The molecule has 3 rings (SSSR count). The van der Waals surface area contributed by atoms with Crippen LogP contribution in [0.2, 0.25) is 0 Å². The molecule has 23 heavy (non-hydrogen) atoms. The maximum Gasteiger partial charge on any atom is 0.246 e. The Bertz CT molecular complexity index is 621. The van der Waals surface area contributed by atoms with E-state index in [4.69, 9.17) is 0 Å². The Morgan fingerprint density at radius 1 is 1.22 bits per heavy atom. The molecule has 124 valence electrons. The van der Waals surface area contributed by atoms with E-state index in [1.54, 1.807) is 4.90 Å². The van der Waals surface area contributed by atoms with Crippen LogP contribution in [0.15, 0.2) is 12.1 Å². The second kappa shape index (κ2) is 6.60. The number of fused-ring (bicyclic) bond motifs is 1. The van der Waals surface area contributed by atoms with Gasteiger partial charge in [0.15, 0.2) is 0 Å². The summed E-state index contributed by atoms with van der Waals surface area (Å²) in [4.78, 5) is 26.2. The summed E-state index contributed by atoms with van der Waals surface area (Å²) in [7, 11) is 0. The maximum atomic E-state index is 12.4. The molecule has 1 aliphatic carbocycles. The van der Waals surface area contributed by atoms with Crippen LogP contribution in [-0.4, -0.2) is 30.9 Å². The van der Waals surface area contributed by atoms with Crippen LogP contribution >= 0.6 is 0 Å². The van der Waals surface area contributed by atoms with Gasteiger partial charge in [-0.15, -0.1) is 0 Å². The highest BCUT2D eigenvalue weighted by molar-refractivity contribution is 6.06. The van der Waals surface area contributed by atoms with Gasteiger partial charge in [0.1, 0.15) is 6.54 Å². The number of hydrogen-bond donors (Lipinski definition) is 2. The first-order valence-corrected chi connectivity index (χ1v) is 8.49. The molecule has 1 aromatic carbocycles. The van der Waals surface area contributed by atoms with Crippen molar-refractivity contribution >= 4 is 23.2 Å². The highest BCUT2D eigenvalue weighted by Gasteiger charge is 2.27. The average Bonchev–Trinajstić information content (AvgIpc) is 2.53. The number of carbonyl (C=O) groups is 2. The van der Waals surface area contributed by atoms with E-state index in [2.05, 4.69) is 10.6 Å². The molecule has 1 fully saturated rings. The molecule has 2 amide bonds. The molecule has 0 aromatic heterocycles. The second-order valence-electron chi connectivity index (χ2n) is 6.69. The minimum atomic E-state index is -0.0590. The molecule has 2 aliphatic rings. The lowest BCUT2D eigenvalue weighted by Gasteiger charge is -2.31. The number of carbonyl (C=O) groups excluding carboxylic acids is 2. The predicted octanol–water partition coefficient (Wildman–Crippen LogP) is 2.51. The van der Waals surface area contributed by atoms with Gasteiger partial charge in [0.2, 0.25) is 11.8 Å². The van der Waals surface area contributed by atoms with E-state index in [1.165, 1.54) is 24.8 Å². The van der Waals surface area contributed by atoms with Crippen molar-refractivity contribution < 1.29 is 9.59 Å². The van der Waals surface area contributed by atoms with Gasteiger partial charge in [-0.05, 0) is 49.9 Å². The third-order valence-corrected chi connectivity index (χ3v) is 4.91. The lowest BCUT2D eigenvalue weighted by atomic mass is 9.95. The van der Waals surface area contributed by atoms with Crippen molar-refractivity contribution in [3.8, 4) is 0 Å². The first kappa shape index (κ1) is 15.8. The van der Waals surface area contributed by atoms with Gasteiger partial charge in [-0.25, -0.2) is 0 Å². The van der Waals surface area contributed by atoms with E-state index in [0.29, 0.717) is 0 Å². The van der Waals surface area contributed by atoms with Gasteiger partial charge in [-0.1, -0.05) is 19.3 Å². The molecule has 0 spiro atoms. The summed E-state index contributed by atoms with van der Waals surface area (Å²) in [5, 5.41) is 6.23. The van der Waals surface area contributed by atoms with Crippen LogP contribution in [0, 0.1) is 13.8 Å². The molecule has 0 bridgehead atoms. The van der Waals surface area contributed by atoms with Crippen LogP contribution in [-0.2, 0) is 9.59 Å². The Morgan fingerprint density at radius 3 is 2.65 bits per heavy atom. The molecule has 1 heterocycles. The van der Waals surface area contributed by atoms with Gasteiger partial charge in [0.05, 0.1) is 17.9 Å². The minimum absolute atomic E-state index is 0.0560. The number of nitrogens with one attached hydrogen (secondary N) is 2. The van der Waals surface area contributed by atoms with Gasteiger partial charge < -0.3 is 10.6 Å². The second-order valence-corrected chi connectivity index (χ2v) is 6.69. The van der Waals surface area contributed by atoms with Crippen molar-refractivity contribution in [3.05, 3.63) is 23.3 Å². The Kier molecular flexibility index (Phi) is 4.55. The fourth-order valence-corrected chi connectivity index (χ4v) is 3.40. The van der Waals surface area contributed by atoms with E-state index in [-0.39, 0.29) is 30.9 Å². The highest BCUT2D eigenvalue weighted by Crippen LogP contribution is 2.32. The third-order valence-electron chi connectivity index (χ3n) is 4.91. The number of rotatable bonds is 3. The zero-order valence-corrected chi connectivity index (χ0v) is 13.9. The number of nitrogens with zero attached hydrogens (tertiary/aromatic N) is 1. The van der Waals surface area contributed by atoms with E-state index < -0.39 is 0 Å². The van der Waals surface area contributed by atoms with Crippen molar-refractivity contribution in [2.45, 2.75) is 52.0 Å². The highest BCUT2D eigenvalue weighted by atomic mass is 16.2. The smallest absolute Gasteiger partial charge is 0.246 e. The largest absolute Gasteiger partial charge is 0.374 e. The molecule has 5 nitrogen and oxygen atoms in total. The normalized spacial score (nSPS) is 18.3. The minimum Gasteiger partial charge on any atom is -0.374 e. The molecule has 1 saturated carbocycles. The summed E-state index contributed by atoms with van der Waals surface area (Å²) in [6.45, 7) is 4.42. The Hall–Kier alpha value is -2.04. The van der Waals surface area contributed by atoms with E-state index in [0.717, 1.165) is 29.8 Å². The molecule has 5 heteroatoms. The number of anilines is 2. The summed E-state index contributed by atoms with van der Waals surface area (Å²) < 4.78 is 0. The molecular formula is C18H25N3O2. The van der Waals surface area contributed by atoms with Crippen molar-refractivity contribution in [1.82, 2.24) is 5.32 Å². The van der Waals surface area contributed by atoms with Gasteiger partial charge in [0.25, 0.3) is 0 Å². The number of hydrogen-bond acceptors (Lipinski definition) is 3. The number of benzene rings is 1. The van der Waals surface area contributed by atoms with Gasteiger partial charge in [-0.2, -0.15) is 0 Å². The van der Waals surface area contributed by atoms with Crippen LogP contribution < -0.4 is 15.5 Å². The van der Waals surface area contributed by atoms with Crippen molar-refractivity contribution in [2.75, 3.05) is 23.3 Å². The van der Waals surface area contributed by atoms with Crippen LogP contribution in [0.3, 0.4) is 0 Å². The van der Waals surface area contributed by atoms with Crippen LogP contribution in [0.1, 0.15) is 43.2 Å². The molecule has 1 aliphatic heterocycles. The number of amides is 2. The van der Waals surface area contributed by atoms with E-state index in [9.17, 15) is 9.59 Å². The van der Waals surface area contributed by atoms with Crippen molar-refractivity contribution in [2.24, 2.45) is 0 Å². The SMILES string of the molecule is Cc1cc2c(cc1C)N(CC(=O)NC1CCCCC1)C(=O)CN2. The average molecular weight is 315 g/mol. The van der Waals surface area contributed by atoms with Gasteiger partial charge >= 0.3 is 0 Å². The molecule has 1 aromatic rings. The Balaban J connectivity index is 1.73. The fraction of sp³-hybridized carbons (Fsp3) is 0.556. The van der Waals surface area contributed by atoms with Crippen LogP contribution in [0.25, 0.3) is 0 Å². The van der Waals surface area contributed by atoms with Gasteiger partial charge in [0, 0.05) is 6.04 Å². The topological polar surface area (TPSA) is 61.4 Å². The summed E-state index contributed by atoms with van der Waals surface area (Å²) in [5.74, 6) is -0.115. The zero-order valence-electron chi connectivity index (χ0n) is 13.9. The summed E-state index contributed by atoms with van der Waals surface area (Å²) in [5.41, 5.74) is 4.04. The van der Waals surface area contributed by atoms with Crippen molar-refractivity contribution in [3.63, 3.8) is 0 Å². The Morgan fingerprint density at radius 2 is 1.91 bits per heavy atom. The molecule has 0 saturated heterocycles. The predicted molar refractivity (Wildman–Crippen MR) is 91.8 cm³/mol. The first-order chi connectivity index (χ1) is 11.0. The molecule has 0 unspecified atom stereocenters. The van der Waals surface area contributed by atoms with Gasteiger partial charge in [-0.3, -0.25) is 14.5 Å². The molecule has 2 N–H and O–H groups in total. The molecular weight excluding hydrogens is 290 g/mol. The molecule has 0 atom stereocenters. The first-order valence-electron chi connectivity index (χ1n) is 8.49. The van der Waals surface area contributed by atoms with E-state index in [1.807, 2.05) is 26.0 Å².